The molecule has 0 aliphatic heterocycles. The lowest BCUT2D eigenvalue weighted by atomic mass is 10.0. The van der Waals surface area contributed by atoms with Gasteiger partial charge in [0.25, 0.3) is 0 Å². The molecular formula is C15H20FN3. The Morgan fingerprint density at radius 1 is 1.37 bits per heavy atom. The van der Waals surface area contributed by atoms with Gasteiger partial charge < -0.3 is 5.32 Å². The first-order valence-corrected chi connectivity index (χ1v) is 6.59. The quantitative estimate of drug-likeness (QED) is 0.897. The molecule has 0 aliphatic carbocycles. The van der Waals surface area contributed by atoms with E-state index in [0.29, 0.717) is 6.42 Å². The number of benzene rings is 1. The molecule has 1 N–H and O–H groups in total. The summed E-state index contributed by atoms with van der Waals surface area (Å²) in [7, 11) is 1.92. The van der Waals surface area contributed by atoms with Gasteiger partial charge in [-0.1, -0.05) is 25.1 Å². The van der Waals surface area contributed by atoms with Crippen LogP contribution in [0.5, 0.6) is 0 Å². The van der Waals surface area contributed by atoms with E-state index in [0.717, 1.165) is 23.5 Å². The smallest absolute Gasteiger partial charge is 0.126 e. The normalized spacial score (nSPS) is 12.6. The van der Waals surface area contributed by atoms with Gasteiger partial charge >= 0.3 is 0 Å². The number of aromatic nitrogens is 2. The Morgan fingerprint density at radius 3 is 2.68 bits per heavy atom. The summed E-state index contributed by atoms with van der Waals surface area (Å²) in [4.78, 5) is 0. The first-order valence-electron chi connectivity index (χ1n) is 6.59. The van der Waals surface area contributed by atoms with Crippen LogP contribution in [0.15, 0.2) is 30.3 Å². The molecule has 102 valence electrons. The zero-order chi connectivity index (χ0) is 13.8. The van der Waals surface area contributed by atoms with E-state index in [1.54, 1.807) is 6.07 Å². The molecule has 0 spiro atoms. The number of rotatable bonds is 5. The maximum Gasteiger partial charge on any atom is 0.126 e. The predicted molar refractivity (Wildman–Crippen MR) is 74.5 cm³/mol. The van der Waals surface area contributed by atoms with Crippen LogP contribution in [-0.2, 0) is 13.5 Å². The second-order valence-corrected chi connectivity index (χ2v) is 4.74. The highest BCUT2D eigenvalue weighted by Gasteiger charge is 2.17. The summed E-state index contributed by atoms with van der Waals surface area (Å²) < 4.78 is 15.6. The number of hydrogen-bond acceptors (Lipinski definition) is 2. The van der Waals surface area contributed by atoms with Crippen molar-refractivity contribution in [2.45, 2.75) is 26.3 Å². The van der Waals surface area contributed by atoms with E-state index in [4.69, 9.17) is 0 Å². The van der Waals surface area contributed by atoms with Gasteiger partial charge in [-0.05, 0) is 37.6 Å². The molecule has 3 nitrogen and oxygen atoms in total. The number of halogens is 1. The van der Waals surface area contributed by atoms with Gasteiger partial charge in [0.05, 0.1) is 17.4 Å². The molecule has 0 bridgehead atoms. The van der Waals surface area contributed by atoms with Gasteiger partial charge in [-0.15, -0.1) is 0 Å². The Morgan fingerprint density at radius 2 is 2.11 bits per heavy atom. The summed E-state index contributed by atoms with van der Waals surface area (Å²) >= 11 is 0. The first-order chi connectivity index (χ1) is 9.11. The van der Waals surface area contributed by atoms with Gasteiger partial charge in [0, 0.05) is 7.05 Å². The summed E-state index contributed by atoms with van der Waals surface area (Å²) in [6.07, 6.45) is 0.624. The minimum absolute atomic E-state index is 0.0769. The van der Waals surface area contributed by atoms with Crippen LogP contribution in [-0.4, -0.2) is 16.3 Å². The highest BCUT2D eigenvalue weighted by atomic mass is 19.1. The lowest BCUT2D eigenvalue weighted by molar-refractivity contribution is 0.495. The third-order valence-electron chi connectivity index (χ3n) is 3.23. The summed E-state index contributed by atoms with van der Waals surface area (Å²) in [6, 6.07) is 9.06. The Bertz CT molecular complexity index is 548. The maximum atomic E-state index is 13.8. The number of likely N-dealkylation sites (N-methyl/N-ethyl adjacent to an activating group) is 1. The fourth-order valence-electron chi connectivity index (χ4n) is 2.37. The van der Waals surface area contributed by atoms with Gasteiger partial charge in [-0.25, -0.2) is 4.39 Å². The summed E-state index contributed by atoms with van der Waals surface area (Å²) in [5, 5.41) is 7.76. The molecule has 0 saturated carbocycles. The Hall–Kier alpha value is -1.68. The highest BCUT2D eigenvalue weighted by molar-refractivity contribution is 5.22. The van der Waals surface area contributed by atoms with E-state index in [1.165, 1.54) is 6.07 Å². The van der Waals surface area contributed by atoms with E-state index < -0.39 is 0 Å². The molecular weight excluding hydrogens is 241 g/mol. The van der Waals surface area contributed by atoms with Crippen molar-refractivity contribution >= 4 is 0 Å². The van der Waals surface area contributed by atoms with Crippen molar-refractivity contribution in [1.82, 2.24) is 15.1 Å². The molecule has 0 radical (unpaired) electrons. The topological polar surface area (TPSA) is 29.9 Å². The molecule has 19 heavy (non-hydrogen) atoms. The lowest BCUT2D eigenvalue weighted by Crippen LogP contribution is -2.25. The van der Waals surface area contributed by atoms with E-state index in [2.05, 4.69) is 17.3 Å². The molecule has 0 aliphatic rings. The Labute approximate surface area is 113 Å². The maximum absolute atomic E-state index is 13.8. The van der Waals surface area contributed by atoms with Crippen LogP contribution in [0.4, 0.5) is 4.39 Å². The standard InChI is InChI=1S/C15H20FN3/c1-4-17-14(15-9-11(2)18-19(15)3)10-12-7-5-6-8-13(12)16/h5-9,14,17H,4,10H2,1-3H3. The van der Waals surface area contributed by atoms with Crippen molar-refractivity contribution in [3.63, 3.8) is 0 Å². The Kier molecular flexibility index (Phi) is 4.32. The predicted octanol–water partition coefficient (Wildman–Crippen LogP) is 2.76. The largest absolute Gasteiger partial charge is 0.309 e. The van der Waals surface area contributed by atoms with Crippen molar-refractivity contribution in [2.24, 2.45) is 7.05 Å². The van der Waals surface area contributed by atoms with Crippen LogP contribution >= 0.6 is 0 Å². The fourth-order valence-corrected chi connectivity index (χ4v) is 2.37. The van der Waals surface area contributed by atoms with E-state index in [-0.39, 0.29) is 11.9 Å². The fraction of sp³-hybridized carbons (Fsp3) is 0.400. The minimum Gasteiger partial charge on any atom is -0.309 e. The molecule has 1 heterocycles. The van der Waals surface area contributed by atoms with Gasteiger partial charge in [0.15, 0.2) is 0 Å². The second kappa shape index (κ2) is 5.97. The molecule has 2 rings (SSSR count). The molecule has 2 aromatic rings. The molecule has 1 aromatic carbocycles. The summed E-state index contributed by atoms with van der Waals surface area (Å²) in [5.41, 5.74) is 2.80. The third kappa shape index (κ3) is 3.20. The number of nitrogens with one attached hydrogen (secondary N) is 1. The summed E-state index contributed by atoms with van der Waals surface area (Å²) in [5.74, 6) is -0.149. The molecule has 0 amide bonds. The van der Waals surface area contributed by atoms with Gasteiger partial charge in [0.2, 0.25) is 0 Å². The van der Waals surface area contributed by atoms with Crippen molar-refractivity contribution in [3.05, 3.63) is 53.1 Å². The van der Waals surface area contributed by atoms with Crippen LogP contribution in [0.1, 0.15) is 29.9 Å². The first kappa shape index (κ1) is 13.7. The molecule has 1 aromatic heterocycles. The number of aryl methyl sites for hydroxylation is 2. The third-order valence-corrected chi connectivity index (χ3v) is 3.23. The Balaban J connectivity index is 2.26. The van der Waals surface area contributed by atoms with Crippen LogP contribution in [0.3, 0.4) is 0 Å². The van der Waals surface area contributed by atoms with Gasteiger partial charge in [-0.3, -0.25) is 4.68 Å². The monoisotopic (exact) mass is 261 g/mol. The SMILES string of the molecule is CCNC(Cc1ccccc1F)c1cc(C)nn1C. The van der Waals surface area contributed by atoms with Crippen LogP contribution in [0.2, 0.25) is 0 Å². The average Bonchev–Trinajstić information content (AvgIpc) is 2.70. The second-order valence-electron chi connectivity index (χ2n) is 4.74. The molecule has 1 unspecified atom stereocenters. The van der Waals surface area contributed by atoms with E-state index in [9.17, 15) is 4.39 Å². The van der Waals surface area contributed by atoms with E-state index in [1.807, 2.05) is 36.9 Å². The van der Waals surface area contributed by atoms with Gasteiger partial charge in [-0.2, -0.15) is 5.10 Å². The van der Waals surface area contributed by atoms with Crippen LogP contribution in [0, 0.1) is 12.7 Å². The van der Waals surface area contributed by atoms with Crippen LogP contribution in [0.25, 0.3) is 0 Å². The molecule has 0 saturated heterocycles. The number of nitrogens with zero attached hydrogens (tertiary/aromatic N) is 2. The lowest BCUT2D eigenvalue weighted by Gasteiger charge is -2.18. The van der Waals surface area contributed by atoms with Gasteiger partial charge in [0.1, 0.15) is 5.82 Å². The zero-order valence-corrected chi connectivity index (χ0v) is 11.7. The zero-order valence-electron chi connectivity index (χ0n) is 11.7. The number of hydrogen-bond donors (Lipinski definition) is 1. The van der Waals surface area contributed by atoms with Crippen molar-refractivity contribution in [2.75, 3.05) is 6.54 Å². The van der Waals surface area contributed by atoms with E-state index >= 15 is 0 Å². The molecule has 0 fully saturated rings. The van der Waals surface area contributed by atoms with Crippen LogP contribution < -0.4 is 5.32 Å². The molecule has 4 heteroatoms. The minimum atomic E-state index is -0.149. The molecule has 1 atom stereocenters. The summed E-state index contributed by atoms with van der Waals surface area (Å²) in [6.45, 7) is 4.86. The van der Waals surface area contributed by atoms with Crippen molar-refractivity contribution in [1.29, 1.82) is 0 Å². The average molecular weight is 261 g/mol. The van der Waals surface area contributed by atoms with Crippen molar-refractivity contribution in [3.8, 4) is 0 Å². The van der Waals surface area contributed by atoms with Crippen molar-refractivity contribution < 1.29 is 4.39 Å². The highest BCUT2D eigenvalue weighted by Crippen LogP contribution is 2.20.